The van der Waals surface area contributed by atoms with Crippen LogP contribution in [0.4, 0.5) is 5.69 Å². The Morgan fingerprint density at radius 3 is 2.93 bits per heavy atom. The molecule has 1 rings (SSSR count). The number of nitrogens with zero attached hydrogens (tertiary/aromatic N) is 3. The molecule has 0 amide bonds. The van der Waals surface area contributed by atoms with Gasteiger partial charge in [-0.1, -0.05) is 0 Å². The number of hydrogen-bond donors (Lipinski definition) is 1. The summed E-state index contributed by atoms with van der Waals surface area (Å²) < 4.78 is 1.71. The highest BCUT2D eigenvalue weighted by atomic mass is 79.9. The van der Waals surface area contributed by atoms with E-state index < -0.39 is 0 Å². The molecule has 1 aromatic heterocycles. The van der Waals surface area contributed by atoms with E-state index in [2.05, 4.69) is 21.0 Å². The summed E-state index contributed by atoms with van der Waals surface area (Å²) >= 11 is 3.20. The van der Waals surface area contributed by atoms with Crippen LogP contribution in [-0.4, -0.2) is 35.1 Å². The number of rotatable bonds is 3. The standard InChI is InChI=1S/C8H12BrN3O2/c1-11(3-4-13)6-5-10-12(2)8(14)7(6)9/h5,13H,3-4H2,1-2H3. The summed E-state index contributed by atoms with van der Waals surface area (Å²) in [5, 5.41) is 12.6. The second-order valence-corrected chi connectivity index (χ2v) is 3.71. The van der Waals surface area contributed by atoms with Crippen molar-refractivity contribution in [1.29, 1.82) is 0 Å². The van der Waals surface area contributed by atoms with Crippen molar-refractivity contribution in [2.75, 3.05) is 25.1 Å². The van der Waals surface area contributed by atoms with Crippen LogP contribution in [0.2, 0.25) is 0 Å². The zero-order valence-electron chi connectivity index (χ0n) is 8.07. The number of likely N-dealkylation sites (N-methyl/N-ethyl adjacent to an activating group) is 1. The second kappa shape index (κ2) is 4.56. The summed E-state index contributed by atoms with van der Waals surface area (Å²) in [6, 6.07) is 0. The molecule has 0 saturated heterocycles. The summed E-state index contributed by atoms with van der Waals surface area (Å²) in [5.74, 6) is 0. The summed E-state index contributed by atoms with van der Waals surface area (Å²) in [4.78, 5) is 13.2. The molecule has 0 aromatic carbocycles. The summed E-state index contributed by atoms with van der Waals surface area (Å²) in [6.45, 7) is 0.506. The molecule has 0 saturated carbocycles. The molecular weight excluding hydrogens is 250 g/mol. The first-order valence-electron chi connectivity index (χ1n) is 4.11. The lowest BCUT2D eigenvalue weighted by molar-refractivity contribution is 0.304. The first kappa shape index (κ1) is 11.2. The van der Waals surface area contributed by atoms with E-state index in [1.54, 1.807) is 25.2 Å². The highest BCUT2D eigenvalue weighted by Gasteiger charge is 2.09. The van der Waals surface area contributed by atoms with E-state index in [1.165, 1.54) is 4.68 Å². The van der Waals surface area contributed by atoms with Gasteiger partial charge in [-0.15, -0.1) is 0 Å². The minimum Gasteiger partial charge on any atom is -0.395 e. The molecule has 0 unspecified atom stereocenters. The maximum absolute atomic E-state index is 11.5. The first-order chi connectivity index (χ1) is 6.57. The Hall–Kier alpha value is -0.880. The van der Waals surface area contributed by atoms with E-state index in [1.807, 2.05) is 0 Å². The smallest absolute Gasteiger partial charge is 0.282 e. The van der Waals surface area contributed by atoms with E-state index in [0.717, 1.165) is 0 Å². The van der Waals surface area contributed by atoms with Crippen molar-refractivity contribution < 1.29 is 5.11 Å². The topological polar surface area (TPSA) is 58.4 Å². The predicted molar refractivity (Wildman–Crippen MR) is 57.5 cm³/mol. The van der Waals surface area contributed by atoms with Gasteiger partial charge in [0.15, 0.2) is 0 Å². The maximum atomic E-state index is 11.5. The third-order valence-corrected chi connectivity index (χ3v) is 2.65. The lowest BCUT2D eigenvalue weighted by atomic mass is 10.4. The van der Waals surface area contributed by atoms with Gasteiger partial charge in [-0.2, -0.15) is 5.10 Å². The number of aromatic nitrogens is 2. The number of aryl methyl sites for hydroxylation is 1. The fraction of sp³-hybridized carbons (Fsp3) is 0.500. The molecule has 1 N–H and O–H groups in total. The number of anilines is 1. The van der Waals surface area contributed by atoms with Gasteiger partial charge in [-0.25, -0.2) is 4.68 Å². The van der Waals surface area contributed by atoms with Gasteiger partial charge in [0.25, 0.3) is 5.56 Å². The van der Waals surface area contributed by atoms with Crippen LogP contribution in [0, 0.1) is 0 Å². The van der Waals surface area contributed by atoms with Gasteiger partial charge in [0.1, 0.15) is 4.47 Å². The Balaban J connectivity index is 3.11. The van der Waals surface area contributed by atoms with Gasteiger partial charge in [0.2, 0.25) is 0 Å². The quantitative estimate of drug-likeness (QED) is 0.831. The van der Waals surface area contributed by atoms with Gasteiger partial charge in [-0.05, 0) is 15.9 Å². The Morgan fingerprint density at radius 1 is 1.71 bits per heavy atom. The molecule has 1 heterocycles. The van der Waals surface area contributed by atoms with Gasteiger partial charge in [0.05, 0.1) is 18.5 Å². The minimum absolute atomic E-state index is 0.0398. The largest absolute Gasteiger partial charge is 0.395 e. The summed E-state index contributed by atoms with van der Waals surface area (Å²) in [7, 11) is 3.38. The third-order valence-electron chi connectivity index (χ3n) is 1.91. The highest BCUT2D eigenvalue weighted by Crippen LogP contribution is 2.19. The van der Waals surface area contributed by atoms with E-state index in [9.17, 15) is 4.79 Å². The number of aliphatic hydroxyl groups excluding tert-OH is 1. The van der Waals surface area contributed by atoms with Crippen molar-refractivity contribution in [1.82, 2.24) is 9.78 Å². The zero-order valence-corrected chi connectivity index (χ0v) is 9.65. The molecular formula is C8H12BrN3O2. The molecule has 5 nitrogen and oxygen atoms in total. The van der Waals surface area contributed by atoms with E-state index in [-0.39, 0.29) is 12.2 Å². The Bertz CT molecular complexity index is 377. The van der Waals surface area contributed by atoms with Crippen molar-refractivity contribution in [3.63, 3.8) is 0 Å². The lowest BCUT2D eigenvalue weighted by Gasteiger charge is -2.18. The van der Waals surface area contributed by atoms with Crippen LogP contribution in [0.15, 0.2) is 15.5 Å². The Labute approximate surface area is 90.1 Å². The molecule has 0 aliphatic carbocycles. The van der Waals surface area contributed by atoms with Crippen LogP contribution >= 0.6 is 15.9 Å². The molecule has 1 aromatic rings. The van der Waals surface area contributed by atoms with Crippen LogP contribution in [0.3, 0.4) is 0 Å². The molecule has 14 heavy (non-hydrogen) atoms. The van der Waals surface area contributed by atoms with Crippen LogP contribution in [0.1, 0.15) is 0 Å². The van der Waals surface area contributed by atoms with Gasteiger partial charge < -0.3 is 10.0 Å². The zero-order chi connectivity index (χ0) is 10.7. The molecule has 6 heteroatoms. The Morgan fingerprint density at radius 2 is 2.36 bits per heavy atom. The van der Waals surface area contributed by atoms with E-state index in [4.69, 9.17) is 5.11 Å². The van der Waals surface area contributed by atoms with Crippen LogP contribution in [0.25, 0.3) is 0 Å². The summed E-state index contributed by atoms with van der Waals surface area (Å²) in [5.41, 5.74) is 0.495. The van der Waals surface area contributed by atoms with Crippen molar-refractivity contribution in [3.05, 3.63) is 21.0 Å². The van der Waals surface area contributed by atoms with Crippen LogP contribution in [0.5, 0.6) is 0 Å². The molecule has 0 aliphatic heterocycles. The fourth-order valence-electron chi connectivity index (χ4n) is 1.04. The Kier molecular flexibility index (Phi) is 3.65. The second-order valence-electron chi connectivity index (χ2n) is 2.92. The highest BCUT2D eigenvalue weighted by molar-refractivity contribution is 9.10. The first-order valence-corrected chi connectivity index (χ1v) is 4.91. The molecule has 0 fully saturated rings. The fourth-order valence-corrected chi connectivity index (χ4v) is 1.70. The average Bonchev–Trinajstić information content (AvgIpc) is 2.15. The van der Waals surface area contributed by atoms with Crippen molar-refractivity contribution in [2.45, 2.75) is 0 Å². The van der Waals surface area contributed by atoms with Gasteiger partial charge in [0, 0.05) is 20.6 Å². The maximum Gasteiger partial charge on any atom is 0.282 e. The normalized spacial score (nSPS) is 10.3. The van der Waals surface area contributed by atoms with Crippen molar-refractivity contribution >= 4 is 21.6 Å². The monoisotopic (exact) mass is 261 g/mol. The SMILES string of the molecule is CN(CCO)c1cnn(C)c(=O)c1Br. The van der Waals surface area contributed by atoms with Crippen LogP contribution in [-0.2, 0) is 7.05 Å². The van der Waals surface area contributed by atoms with E-state index in [0.29, 0.717) is 16.7 Å². The lowest BCUT2D eigenvalue weighted by Crippen LogP contribution is -2.27. The molecule has 78 valence electrons. The van der Waals surface area contributed by atoms with Crippen molar-refractivity contribution in [2.24, 2.45) is 7.05 Å². The molecule has 0 atom stereocenters. The number of halogens is 1. The minimum atomic E-state index is -0.188. The van der Waals surface area contributed by atoms with Crippen molar-refractivity contribution in [3.8, 4) is 0 Å². The van der Waals surface area contributed by atoms with Crippen LogP contribution < -0.4 is 10.5 Å². The van der Waals surface area contributed by atoms with Gasteiger partial charge in [-0.3, -0.25) is 4.79 Å². The molecule has 0 radical (unpaired) electrons. The summed E-state index contributed by atoms with van der Waals surface area (Å²) in [6.07, 6.45) is 1.58. The molecule has 0 spiro atoms. The number of hydrogen-bond acceptors (Lipinski definition) is 4. The number of aliphatic hydroxyl groups is 1. The van der Waals surface area contributed by atoms with Gasteiger partial charge >= 0.3 is 0 Å². The predicted octanol–water partition coefficient (Wildman–Crippen LogP) is -0.0287. The van der Waals surface area contributed by atoms with E-state index >= 15 is 0 Å². The third kappa shape index (κ3) is 2.13. The molecule has 0 aliphatic rings. The average molecular weight is 262 g/mol. The molecule has 0 bridgehead atoms.